The Labute approximate surface area is 119 Å². The molecule has 0 saturated carbocycles. The molecule has 1 aliphatic rings. The predicted molar refractivity (Wildman–Crippen MR) is 79.1 cm³/mol. The van der Waals surface area contributed by atoms with Crippen molar-refractivity contribution in [1.29, 1.82) is 5.41 Å². The first kappa shape index (κ1) is 14.8. The molecule has 0 aliphatic carbocycles. The van der Waals surface area contributed by atoms with Crippen LogP contribution in [0.1, 0.15) is 30.4 Å². The average Bonchev–Trinajstić information content (AvgIpc) is 2.47. The van der Waals surface area contributed by atoms with Gasteiger partial charge in [-0.3, -0.25) is 10.3 Å². The zero-order chi connectivity index (χ0) is 14.5. The summed E-state index contributed by atoms with van der Waals surface area (Å²) < 4.78 is 5.22. The van der Waals surface area contributed by atoms with Crippen molar-refractivity contribution in [2.24, 2.45) is 5.73 Å². The van der Waals surface area contributed by atoms with E-state index in [9.17, 15) is 5.11 Å². The van der Waals surface area contributed by atoms with Gasteiger partial charge in [0.1, 0.15) is 11.6 Å². The molecule has 0 aromatic heterocycles. The molecular weight excluding hydrogens is 254 g/mol. The van der Waals surface area contributed by atoms with Crippen LogP contribution in [-0.2, 0) is 6.54 Å². The summed E-state index contributed by atoms with van der Waals surface area (Å²) in [5.41, 5.74) is 7.32. The first-order valence-corrected chi connectivity index (χ1v) is 7.02. The van der Waals surface area contributed by atoms with Crippen molar-refractivity contribution in [3.8, 4) is 5.75 Å². The number of methoxy groups -OCH3 is 1. The maximum atomic E-state index is 9.45. The molecule has 5 nitrogen and oxygen atoms in total. The van der Waals surface area contributed by atoms with Gasteiger partial charge < -0.3 is 15.6 Å². The van der Waals surface area contributed by atoms with Crippen molar-refractivity contribution in [3.63, 3.8) is 0 Å². The molecule has 0 spiro atoms. The van der Waals surface area contributed by atoms with Crippen LogP contribution in [0.4, 0.5) is 0 Å². The lowest BCUT2D eigenvalue weighted by atomic mass is 10.0. The molecule has 1 saturated heterocycles. The number of nitrogens with zero attached hydrogens (tertiary/aromatic N) is 1. The lowest BCUT2D eigenvalue weighted by Gasteiger charge is -2.34. The van der Waals surface area contributed by atoms with Gasteiger partial charge in [-0.1, -0.05) is 12.5 Å². The smallest absolute Gasteiger partial charge is 0.129 e. The minimum atomic E-state index is 0.0149. The molecule has 20 heavy (non-hydrogen) atoms. The van der Waals surface area contributed by atoms with Crippen LogP contribution in [0.25, 0.3) is 0 Å². The summed E-state index contributed by atoms with van der Waals surface area (Å²) in [4.78, 5) is 2.30. The second kappa shape index (κ2) is 6.72. The van der Waals surface area contributed by atoms with Crippen molar-refractivity contribution in [2.75, 3.05) is 20.3 Å². The number of piperidine rings is 1. The van der Waals surface area contributed by atoms with Crippen LogP contribution in [0.5, 0.6) is 5.75 Å². The minimum absolute atomic E-state index is 0.0149. The van der Waals surface area contributed by atoms with Crippen LogP contribution in [0, 0.1) is 5.41 Å². The van der Waals surface area contributed by atoms with E-state index in [1.54, 1.807) is 7.11 Å². The number of amidine groups is 1. The molecule has 1 fully saturated rings. The Balaban J connectivity index is 2.16. The first-order chi connectivity index (χ1) is 9.65. The van der Waals surface area contributed by atoms with Gasteiger partial charge in [-0.25, -0.2) is 0 Å². The number of aliphatic hydroxyl groups is 1. The third-order valence-corrected chi connectivity index (χ3v) is 3.90. The van der Waals surface area contributed by atoms with Crippen molar-refractivity contribution in [3.05, 3.63) is 29.3 Å². The van der Waals surface area contributed by atoms with E-state index in [0.717, 1.165) is 25.1 Å². The van der Waals surface area contributed by atoms with E-state index < -0.39 is 0 Å². The number of aliphatic hydroxyl groups excluding tert-OH is 1. The van der Waals surface area contributed by atoms with Crippen LogP contribution >= 0.6 is 0 Å². The monoisotopic (exact) mass is 277 g/mol. The van der Waals surface area contributed by atoms with Gasteiger partial charge in [0.05, 0.1) is 19.3 Å². The van der Waals surface area contributed by atoms with Gasteiger partial charge in [0.2, 0.25) is 0 Å². The average molecular weight is 277 g/mol. The highest BCUT2D eigenvalue weighted by atomic mass is 16.5. The van der Waals surface area contributed by atoms with Gasteiger partial charge in [0.15, 0.2) is 0 Å². The summed E-state index contributed by atoms with van der Waals surface area (Å²) in [7, 11) is 1.58. The van der Waals surface area contributed by atoms with Crippen LogP contribution in [0.3, 0.4) is 0 Å². The summed E-state index contributed by atoms with van der Waals surface area (Å²) in [5.74, 6) is 0.639. The third-order valence-electron chi connectivity index (χ3n) is 3.90. The fraction of sp³-hybridized carbons (Fsp3) is 0.533. The lowest BCUT2D eigenvalue weighted by Crippen LogP contribution is -2.41. The van der Waals surface area contributed by atoms with Crippen molar-refractivity contribution in [2.45, 2.75) is 31.8 Å². The number of nitrogen functional groups attached to an aromatic ring is 1. The Morgan fingerprint density at radius 1 is 1.50 bits per heavy atom. The Bertz CT molecular complexity index is 476. The van der Waals surface area contributed by atoms with E-state index in [0.29, 0.717) is 11.3 Å². The topological polar surface area (TPSA) is 82.6 Å². The summed E-state index contributed by atoms with van der Waals surface area (Å²) in [6.45, 7) is 1.98. The van der Waals surface area contributed by atoms with E-state index in [1.165, 1.54) is 12.8 Å². The number of benzene rings is 1. The zero-order valence-corrected chi connectivity index (χ0v) is 11.9. The molecule has 2 rings (SSSR count). The van der Waals surface area contributed by atoms with Gasteiger partial charge in [-0.05, 0) is 37.1 Å². The molecule has 5 heteroatoms. The zero-order valence-electron chi connectivity index (χ0n) is 11.9. The van der Waals surface area contributed by atoms with Gasteiger partial charge in [-0.15, -0.1) is 0 Å². The van der Waals surface area contributed by atoms with E-state index >= 15 is 0 Å². The quantitative estimate of drug-likeness (QED) is 0.560. The third kappa shape index (κ3) is 3.29. The molecule has 0 amide bonds. The van der Waals surface area contributed by atoms with Gasteiger partial charge in [0, 0.05) is 12.6 Å². The molecule has 1 heterocycles. The second-order valence-corrected chi connectivity index (χ2v) is 5.25. The molecule has 1 unspecified atom stereocenters. The minimum Gasteiger partial charge on any atom is -0.496 e. The molecule has 1 atom stereocenters. The summed E-state index contributed by atoms with van der Waals surface area (Å²) in [5, 5.41) is 17.1. The fourth-order valence-corrected chi connectivity index (χ4v) is 2.77. The summed E-state index contributed by atoms with van der Waals surface area (Å²) in [6, 6.07) is 5.99. The van der Waals surface area contributed by atoms with Crippen molar-refractivity contribution >= 4 is 5.84 Å². The van der Waals surface area contributed by atoms with Crippen LogP contribution in [0.2, 0.25) is 0 Å². The standard InChI is InChI=1S/C15H23N3O2/c1-20-14-6-5-11(8-13(14)15(16)17)9-18-7-3-2-4-12(18)10-19/h5-6,8,12,19H,2-4,7,9-10H2,1H3,(H3,16,17). The van der Waals surface area contributed by atoms with Gasteiger partial charge in [-0.2, -0.15) is 0 Å². The molecule has 1 aromatic carbocycles. The molecule has 1 aromatic rings. The van der Waals surface area contributed by atoms with Crippen LogP contribution in [-0.4, -0.2) is 42.1 Å². The Kier molecular flexibility index (Phi) is 4.98. The van der Waals surface area contributed by atoms with Crippen molar-refractivity contribution in [1.82, 2.24) is 4.90 Å². The molecule has 0 bridgehead atoms. The largest absolute Gasteiger partial charge is 0.496 e. The van der Waals surface area contributed by atoms with E-state index in [1.807, 2.05) is 18.2 Å². The summed E-state index contributed by atoms with van der Waals surface area (Å²) in [6.07, 6.45) is 3.40. The number of nitrogens with two attached hydrogens (primary N) is 1. The SMILES string of the molecule is COc1ccc(CN2CCCCC2CO)cc1C(=N)N. The normalized spacial score (nSPS) is 19.8. The maximum absolute atomic E-state index is 9.45. The Morgan fingerprint density at radius 3 is 2.95 bits per heavy atom. The van der Waals surface area contributed by atoms with E-state index in [-0.39, 0.29) is 18.5 Å². The molecule has 4 N–H and O–H groups in total. The highest BCUT2D eigenvalue weighted by Gasteiger charge is 2.21. The predicted octanol–water partition coefficient (Wildman–Crippen LogP) is 1.33. The highest BCUT2D eigenvalue weighted by molar-refractivity contribution is 5.97. The van der Waals surface area contributed by atoms with Crippen LogP contribution < -0.4 is 10.5 Å². The fourth-order valence-electron chi connectivity index (χ4n) is 2.77. The molecular formula is C15H23N3O2. The Hall–Kier alpha value is -1.59. The number of nitrogens with one attached hydrogen (secondary N) is 1. The number of ether oxygens (including phenoxy) is 1. The van der Waals surface area contributed by atoms with Gasteiger partial charge >= 0.3 is 0 Å². The van der Waals surface area contributed by atoms with Crippen molar-refractivity contribution < 1.29 is 9.84 Å². The maximum Gasteiger partial charge on any atom is 0.129 e. The number of likely N-dealkylation sites (tertiary alicyclic amines) is 1. The van der Waals surface area contributed by atoms with E-state index in [2.05, 4.69) is 4.90 Å². The molecule has 0 radical (unpaired) electrons. The van der Waals surface area contributed by atoms with Gasteiger partial charge in [0.25, 0.3) is 0 Å². The number of hydrogen-bond donors (Lipinski definition) is 3. The van der Waals surface area contributed by atoms with E-state index in [4.69, 9.17) is 15.9 Å². The number of rotatable bonds is 5. The summed E-state index contributed by atoms with van der Waals surface area (Å²) >= 11 is 0. The lowest BCUT2D eigenvalue weighted by molar-refractivity contribution is 0.0841. The first-order valence-electron chi connectivity index (χ1n) is 7.02. The molecule has 1 aliphatic heterocycles. The molecule has 110 valence electrons. The number of hydrogen-bond acceptors (Lipinski definition) is 4. The van der Waals surface area contributed by atoms with Crippen LogP contribution in [0.15, 0.2) is 18.2 Å². The Morgan fingerprint density at radius 2 is 2.30 bits per heavy atom. The highest BCUT2D eigenvalue weighted by Crippen LogP contribution is 2.23. The second-order valence-electron chi connectivity index (χ2n) is 5.25.